The SMILES string of the molecule is COP1(=O)CCCC(CO)=C(C)O1. The smallest absolute Gasteiger partial charge is 0.378 e. The third-order valence-electron chi connectivity index (χ3n) is 2.15. The molecule has 0 aromatic carbocycles. The second kappa shape index (κ2) is 4.27. The Labute approximate surface area is 78.1 Å². The lowest BCUT2D eigenvalue weighted by molar-refractivity contribution is 0.277. The topological polar surface area (TPSA) is 55.8 Å². The maximum atomic E-state index is 11.7. The molecule has 13 heavy (non-hydrogen) atoms. The van der Waals surface area contributed by atoms with Crippen molar-refractivity contribution in [1.29, 1.82) is 0 Å². The highest BCUT2D eigenvalue weighted by Gasteiger charge is 2.27. The second-order valence-electron chi connectivity index (χ2n) is 3.03. The molecule has 0 spiro atoms. The fourth-order valence-corrected chi connectivity index (χ4v) is 2.74. The zero-order chi connectivity index (χ0) is 9.90. The van der Waals surface area contributed by atoms with E-state index in [0.29, 0.717) is 11.9 Å². The molecule has 0 saturated carbocycles. The first-order valence-corrected chi connectivity index (χ1v) is 5.98. The van der Waals surface area contributed by atoms with Crippen molar-refractivity contribution in [3.05, 3.63) is 11.3 Å². The van der Waals surface area contributed by atoms with Gasteiger partial charge in [0.2, 0.25) is 0 Å². The van der Waals surface area contributed by atoms with E-state index in [1.165, 1.54) is 7.11 Å². The lowest BCUT2D eigenvalue weighted by Gasteiger charge is -2.15. The number of aliphatic hydroxyl groups excluding tert-OH is 1. The molecule has 0 amide bonds. The van der Waals surface area contributed by atoms with Crippen LogP contribution < -0.4 is 0 Å². The molecule has 1 N–H and O–H groups in total. The van der Waals surface area contributed by atoms with E-state index in [2.05, 4.69) is 0 Å². The average Bonchev–Trinajstić information content (AvgIpc) is 2.25. The molecule has 1 atom stereocenters. The van der Waals surface area contributed by atoms with Crippen molar-refractivity contribution < 1.29 is 18.7 Å². The van der Waals surface area contributed by atoms with Crippen LogP contribution in [0.3, 0.4) is 0 Å². The van der Waals surface area contributed by atoms with Crippen LogP contribution in [-0.4, -0.2) is 25.0 Å². The lowest BCUT2D eigenvalue weighted by Crippen LogP contribution is -1.95. The van der Waals surface area contributed by atoms with E-state index >= 15 is 0 Å². The van der Waals surface area contributed by atoms with Gasteiger partial charge in [0, 0.05) is 7.11 Å². The van der Waals surface area contributed by atoms with E-state index in [1.807, 2.05) is 0 Å². The first-order valence-electron chi connectivity index (χ1n) is 4.25. The number of aliphatic hydroxyl groups is 1. The molecule has 1 unspecified atom stereocenters. The summed E-state index contributed by atoms with van der Waals surface area (Å²) >= 11 is 0. The summed E-state index contributed by atoms with van der Waals surface area (Å²) in [5.74, 6) is 0.546. The van der Waals surface area contributed by atoms with Crippen LogP contribution in [-0.2, 0) is 13.6 Å². The molecular weight excluding hydrogens is 191 g/mol. The van der Waals surface area contributed by atoms with E-state index in [0.717, 1.165) is 18.4 Å². The lowest BCUT2D eigenvalue weighted by atomic mass is 10.1. The van der Waals surface area contributed by atoms with Crippen LogP contribution in [0.1, 0.15) is 19.8 Å². The molecule has 0 saturated heterocycles. The number of hydrogen-bond acceptors (Lipinski definition) is 4. The van der Waals surface area contributed by atoms with E-state index < -0.39 is 7.60 Å². The summed E-state index contributed by atoms with van der Waals surface area (Å²) in [5, 5.41) is 8.96. The Kier molecular flexibility index (Phi) is 3.54. The summed E-state index contributed by atoms with van der Waals surface area (Å²) in [7, 11) is -1.53. The van der Waals surface area contributed by atoms with Crippen LogP contribution in [0.15, 0.2) is 11.3 Å². The van der Waals surface area contributed by atoms with Crippen molar-refractivity contribution in [2.45, 2.75) is 19.8 Å². The highest BCUT2D eigenvalue weighted by molar-refractivity contribution is 7.53. The zero-order valence-corrected chi connectivity index (χ0v) is 8.84. The maximum absolute atomic E-state index is 11.7. The van der Waals surface area contributed by atoms with Crippen LogP contribution in [0.5, 0.6) is 0 Å². The van der Waals surface area contributed by atoms with Gasteiger partial charge in [-0.2, -0.15) is 0 Å². The van der Waals surface area contributed by atoms with Crippen LogP contribution in [0, 0.1) is 0 Å². The van der Waals surface area contributed by atoms with Gasteiger partial charge in [0.15, 0.2) is 0 Å². The maximum Gasteiger partial charge on any atom is 0.378 e. The van der Waals surface area contributed by atoms with Crippen LogP contribution >= 0.6 is 7.60 Å². The summed E-state index contributed by atoms with van der Waals surface area (Å²) in [6.45, 7) is 1.68. The first-order chi connectivity index (χ1) is 6.11. The van der Waals surface area contributed by atoms with Crippen molar-refractivity contribution in [3.8, 4) is 0 Å². The number of hydrogen-bond donors (Lipinski definition) is 1. The van der Waals surface area contributed by atoms with Crippen LogP contribution in [0.25, 0.3) is 0 Å². The van der Waals surface area contributed by atoms with E-state index in [9.17, 15) is 4.57 Å². The standard InChI is InChI=1S/C8H15O4P/c1-7-8(6-9)4-3-5-13(10,11-2)12-7/h9H,3-6H2,1-2H3. The molecule has 1 rings (SSSR count). The summed E-state index contributed by atoms with van der Waals surface area (Å²) < 4.78 is 21.8. The second-order valence-corrected chi connectivity index (χ2v) is 5.25. The third kappa shape index (κ3) is 2.56. The molecule has 1 aliphatic heterocycles. The Bertz CT molecular complexity index is 259. The van der Waals surface area contributed by atoms with Gasteiger partial charge in [0.25, 0.3) is 0 Å². The van der Waals surface area contributed by atoms with Gasteiger partial charge >= 0.3 is 7.60 Å². The largest absolute Gasteiger partial charge is 0.429 e. The Morgan fingerprint density at radius 3 is 2.92 bits per heavy atom. The van der Waals surface area contributed by atoms with Crippen LogP contribution in [0.4, 0.5) is 0 Å². The third-order valence-corrected chi connectivity index (χ3v) is 4.13. The minimum Gasteiger partial charge on any atom is -0.429 e. The van der Waals surface area contributed by atoms with Gasteiger partial charge in [-0.3, -0.25) is 0 Å². The minimum atomic E-state index is -2.91. The predicted octanol–water partition coefficient (Wildman–Crippen LogP) is 1.90. The van der Waals surface area contributed by atoms with Crippen LogP contribution in [0.2, 0.25) is 0 Å². The normalized spacial score (nSPS) is 29.8. The Morgan fingerprint density at radius 1 is 1.69 bits per heavy atom. The highest BCUT2D eigenvalue weighted by atomic mass is 31.2. The molecular formula is C8H15O4P. The van der Waals surface area contributed by atoms with E-state index in [4.69, 9.17) is 14.2 Å². The fourth-order valence-electron chi connectivity index (χ4n) is 1.30. The quantitative estimate of drug-likeness (QED) is 0.701. The first kappa shape index (κ1) is 10.8. The van der Waals surface area contributed by atoms with Crippen molar-refractivity contribution in [1.82, 2.24) is 0 Å². The Morgan fingerprint density at radius 2 is 2.38 bits per heavy atom. The molecule has 0 aliphatic carbocycles. The molecule has 4 nitrogen and oxygen atoms in total. The van der Waals surface area contributed by atoms with Crippen molar-refractivity contribution >= 4 is 7.60 Å². The van der Waals surface area contributed by atoms with Gasteiger partial charge in [0.05, 0.1) is 12.8 Å². The minimum absolute atomic E-state index is 0.0322. The number of rotatable bonds is 2. The monoisotopic (exact) mass is 206 g/mol. The Balaban J connectivity index is 2.83. The molecule has 1 heterocycles. The fraction of sp³-hybridized carbons (Fsp3) is 0.750. The highest BCUT2D eigenvalue weighted by Crippen LogP contribution is 2.52. The van der Waals surface area contributed by atoms with Gasteiger partial charge in [-0.1, -0.05) is 0 Å². The van der Waals surface area contributed by atoms with E-state index in [-0.39, 0.29) is 6.61 Å². The Hall–Kier alpha value is -0.310. The van der Waals surface area contributed by atoms with Gasteiger partial charge < -0.3 is 14.2 Å². The average molecular weight is 206 g/mol. The molecule has 1 aliphatic rings. The van der Waals surface area contributed by atoms with Gasteiger partial charge in [-0.05, 0) is 25.3 Å². The molecule has 0 fully saturated rings. The summed E-state index contributed by atoms with van der Waals surface area (Å²) in [4.78, 5) is 0. The number of allylic oxidation sites excluding steroid dienone is 1. The van der Waals surface area contributed by atoms with Gasteiger partial charge in [0.1, 0.15) is 5.76 Å². The van der Waals surface area contributed by atoms with E-state index in [1.54, 1.807) is 6.92 Å². The van der Waals surface area contributed by atoms with Crippen molar-refractivity contribution in [2.24, 2.45) is 0 Å². The molecule has 0 aromatic rings. The van der Waals surface area contributed by atoms with Gasteiger partial charge in [-0.15, -0.1) is 0 Å². The van der Waals surface area contributed by atoms with Gasteiger partial charge in [-0.25, -0.2) is 4.57 Å². The summed E-state index contributed by atoms with van der Waals surface area (Å²) in [5.41, 5.74) is 0.815. The molecule has 0 aromatic heterocycles. The summed E-state index contributed by atoms with van der Waals surface area (Å²) in [6.07, 6.45) is 1.89. The molecule has 76 valence electrons. The molecule has 5 heteroatoms. The predicted molar refractivity (Wildman–Crippen MR) is 49.6 cm³/mol. The van der Waals surface area contributed by atoms with Crippen molar-refractivity contribution in [2.75, 3.05) is 19.9 Å². The molecule has 0 radical (unpaired) electrons. The molecule has 0 bridgehead atoms. The summed E-state index contributed by atoms with van der Waals surface area (Å²) in [6, 6.07) is 0. The van der Waals surface area contributed by atoms with Crippen molar-refractivity contribution in [3.63, 3.8) is 0 Å². The zero-order valence-electron chi connectivity index (χ0n) is 7.95.